The molecule has 0 spiro atoms. The topological polar surface area (TPSA) is 102 Å². The number of anilines is 1. The zero-order chi connectivity index (χ0) is 18.1. The normalized spacial score (nSPS) is 10.8. The van der Waals surface area contributed by atoms with Gasteiger partial charge in [0.1, 0.15) is 0 Å². The summed E-state index contributed by atoms with van der Waals surface area (Å²) >= 11 is 0. The van der Waals surface area contributed by atoms with E-state index in [0.29, 0.717) is 10.9 Å². The minimum Gasteiger partial charge on any atom is -0.434 e. The third-order valence-electron chi connectivity index (χ3n) is 3.63. The van der Waals surface area contributed by atoms with Gasteiger partial charge in [0.25, 0.3) is 5.56 Å². The fourth-order valence-electron chi connectivity index (χ4n) is 2.43. The first kappa shape index (κ1) is 16.6. The molecule has 0 aliphatic rings. The number of hydrogen-bond acceptors (Lipinski definition) is 7. The van der Waals surface area contributed by atoms with E-state index in [2.05, 4.69) is 9.72 Å². The van der Waals surface area contributed by atoms with Gasteiger partial charge in [0.05, 0.1) is 17.5 Å². The SMILES string of the molecule is CCOC(=O)Oc1cc2c(=O)[nH]c3cc(N(C)C)ccc3c2oc1=O. The van der Waals surface area contributed by atoms with E-state index < -0.39 is 23.1 Å². The molecule has 0 fully saturated rings. The van der Waals surface area contributed by atoms with Crippen LogP contribution in [0.25, 0.3) is 21.9 Å². The summed E-state index contributed by atoms with van der Waals surface area (Å²) in [5, 5.41) is 0.670. The Morgan fingerprint density at radius 1 is 1.20 bits per heavy atom. The number of aromatic amines is 1. The van der Waals surface area contributed by atoms with Crippen molar-refractivity contribution >= 4 is 33.7 Å². The van der Waals surface area contributed by atoms with Crippen molar-refractivity contribution in [2.24, 2.45) is 0 Å². The second kappa shape index (κ2) is 6.31. The van der Waals surface area contributed by atoms with Gasteiger partial charge in [-0.1, -0.05) is 0 Å². The summed E-state index contributed by atoms with van der Waals surface area (Å²) < 4.78 is 14.6. The van der Waals surface area contributed by atoms with Gasteiger partial charge in [0.15, 0.2) is 5.58 Å². The third kappa shape index (κ3) is 3.06. The van der Waals surface area contributed by atoms with Crippen molar-refractivity contribution in [3.63, 3.8) is 0 Å². The van der Waals surface area contributed by atoms with Crippen molar-refractivity contribution in [3.8, 4) is 5.75 Å². The molecule has 0 amide bonds. The number of fused-ring (bicyclic) bond motifs is 3. The summed E-state index contributed by atoms with van der Waals surface area (Å²) in [5.74, 6) is -0.402. The minimum absolute atomic E-state index is 0.0944. The largest absolute Gasteiger partial charge is 0.514 e. The maximum absolute atomic E-state index is 12.3. The van der Waals surface area contributed by atoms with E-state index >= 15 is 0 Å². The lowest BCUT2D eigenvalue weighted by atomic mass is 10.1. The summed E-state index contributed by atoms with van der Waals surface area (Å²) in [6.45, 7) is 1.69. The van der Waals surface area contributed by atoms with Crippen LogP contribution >= 0.6 is 0 Å². The smallest absolute Gasteiger partial charge is 0.434 e. The second-order valence-corrected chi connectivity index (χ2v) is 5.50. The fraction of sp³-hybridized carbons (Fsp3) is 0.235. The van der Waals surface area contributed by atoms with Crippen molar-refractivity contribution in [2.45, 2.75) is 6.92 Å². The average molecular weight is 344 g/mol. The average Bonchev–Trinajstić information content (AvgIpc) is 2.56. The van der Waals surface area contributed by atoms with Gasteiger partial charge in [0, 0.05) is 31.2 Å². The standard InChI is InChI=1S/C17H16N2O6/c1-4-23-17(22)24-13-8-11-14(25-16(13)21)10-6-5-9(19(2)3)7-12(10)18-15(11)20/h5-8H,4H2,1-3H3,(H,18,20). The molecule has 0 aliphatic carbocycles. The molecule has 0 unspecified atom stereocenters. The Labute approximate surface area is 141 Å². The lowest BCUT2D eigenvalue weighted by Gasteiger charge is -2.13. The number of H-pyrrole nitrogens is 1. The number of ether oxygens (including phenoxy) is 2. The lowest BCUT2D eigenvalue weighted by Crippen LogP contribution is -2.17. The van der Waals surface area contributed by atoms with Crippen LogP contribution in [0.3, 0.4) is 0 Å². The molecular formula is C17H16N2O6. The molecule has 0 bridgehead atoms. The Hall–Kier alpha value is -3.29. The van der Waals surface area contributed by atoms with Crippen LogP contribution in [-0.4, -0.2) is 31.8 Å². The number of carbonyl (C=O) groups excluding carboxylic acids is 1. The number of nitrogens with zero attached hydrogens (tertiary/aromatic N) is 1. The van der Waals surface area contributed by atoms with Crippen molar-refractivity contribution < 1.29 is 18.7 Å². The molecule has 0 atom stereocenters. The van der Waals surface area contributed by atoms with Gasteiger partial charge in [-0.25, -0.2) is 9.59 Å². The van der Waals surface area contributed by atoms with E-state index in [1.807, 2.05) is 25.1 Å². The quantitative estimate of drug-likeness (QED) is 0.574. The van der Waals surface area contributed by atoms with Gasteiger partial charge < -0.3 is 23.8 Å². The van der Waals surface area contributed by atoms with Crippen LogP contribution in [0.4, 0.5) is 10.5 Å². The molecule has 0 aliphatic heterocycles. The molecule has 25 heavy (non-hydrogen) atoms. The molecular weight excluding hydrogens is 328 g/mol. The monoisotopic (exact) mass is 344 g/mol. The van der Waals surface area contributed by atoms with Gasteiger partial charge in [-0.05, 0) is 25.1 Å². The van der Waals surface area contributed by atoms with Crippen LogP contribution in [0.1, 0.15) is 6.92 Å². The number of carbonyl (C=O) groups is 1. The number of hydrogen-bond donors (Lipinski definition) is 1. The molecule has 0 radical (unpaired) electrons. The second-order valence-electron chi connectivity index (χ2n) is 5.50. The van der Waals surface area contributed by atoms with Gasteiger partial charge in [-0.15, -0.1) is 0 Å². The molecule has 2 aromatic heterocycles. The first-order chi connectivity index (χ1) is 11.9. The summed E-state index contributed by atoms with van der Waals surface area (Å²) in [4.78, 5) is 40.4. The highest BCUT2D eigenvalue weighted by Gasteiger charge is 2.16. The highest BCUT2D eigenvalue weighted by atomic mass is 16.7. The van der Waals surface area contributed by atoms with Crippen molar-refractivity contribution in [3.05, 3.63) is 45.0 Å². The van der Waals surface area contributed by atoms with E-state index in [1.165, 1.54) is 6.07 Å². The highest BCUT2D eigenvalue weighted by molar-refractivity contribution is 6.02. The maximum atomic E-state index is 12.3. The summed E-state index contributed by atoms with van der Waals surface area (Å²) in [6.07, 6.45) is -1.04. The predicted octanol–water partition coefficient (Wildman–Crippen LogP) is 2.24. The van der Waals surface area contributed by atoms with Crippen LogP contribution in [0.2, 0.25) is 0 Å². The zero-order valence-corrected chi connectivity index (χ0v) is 13.9. The number of benzene rings is 1. The first-order valence-corrected chi connectivity index (χ1v) is 7.56. The van der Waals surface area contributed by atoms with E-state index in [1.54, 1.807) is 19.1 Å². The third-order valence-corrected chi connectivity index (χ3v) is 3.63. The maximum Gasteiger partial charge on any atom is 0.514 e. The first-order valence-electron chi connectivity index (χ1n) is 7.56. The molecule has 0 saturated heterocycles. The van der Waals surface area contributed by atoms with Crippen LogP contribution in [0, 0.1) is 0 Å². The van der Waals surface area contributed by atoms with Crippen molar-refractivity contribution in [1.82, 2.24) is 4.98 Å². The molecule has 1 N–H and O–H groups in total. The van der Waals surface area contributed by atoms with Crippen LogP contribution in [0.15, 0.2) is 38.3 Å². The summed E-state index contributed by atoms with van der Waals surface area (Å²) in [5.41, 5.74) is 0.211. The van der Waals surface area contributed by atoms with Crippen LogP contribution < -0.4 is 20.8 Å². The van der Waals surface area contributed by atoms with Gasteiger partial charge >= 0.3 is 11.8 Å². The van der Waals surface area contributed by atoms with E-state index in [0.717, 1.165) is 5.69 Å². The molecule has 0 saturated carbocycles. The molecule has 3 aromatic rings. The number of pyridine rings is 1. The Kier molecular flexibility index (Phi) is 4.18. The Morgan fingerprint density at radius 2 is 1.96 bits per heavy atom. The van der Waals surface area contributed by atoms with Gasteiger partial charge in [-0.3, -0.25) is 4.79 Å². The molecule has 2 heterocycles. The number of rotatable bonds is 3. The van der Waals surface area contributed by atoms with E-state index in [-0.39, 0.29) is 17.6 Å². The van der Waals surface area contributed by atoms with Gasteiger partial charge in [-0.2, -0.15) is 0 Å². The molecule has 1 aromatic carbocycles. The molecule has 3 rings (SSSR count). The lowest BCUT2D eigenvalue weighted by molar-refractivity contribution is 0.103. The van der Waals surface area contributed by atoms with E-state index in [9.17, 15) is 14.4 Å². The summed E-state index contributed by atoms with van der Waals surface area (Å²) in [6, 6.07) is 6.54. The van der Waals surface area contributed by atoms with Crippen LogP contribution in [0.5, 0.6) is 5.75 Å². The van der Waals surface area contributed by atoms with Crippen molar-refractivity contribution in [1.29, 1.82) is 0 Å². The fourth-order valence-corrected chi connectivity index (χ4v) is 2.43. The van der Waals surface area contributed by atoms with E-state index in [4.69, 9.17) is 9.15 Å². The van der Waals surface area contributed by atoms with Gasteiger partial charge in [0.2, 0.25) is 5.75 Å². The Balaban J connectivity index is 2.21. The Morgan fingerprint density at radius 3 is 2.64 bits per heavy atom. The summed E-state index contributed by atoms with van der Waals surface area (Å²) in [7, 11) is 3.75. The molecule has 8 heteroatoms. The molecule has 8 nitrogen and oxygen atoms in total. The zero-order valence-electron chi connectivity index (χ0n) is 13.9. The highest BCUT2D eigenvalue weighted by Crippen LogP contribution is 2.25. The molecule has 130 valence electrons. The number of nitrogens with one attached hydrogen (secondary N) is 1. The van der Waals surface area contributed by atoms with Crippen LogP contribution in [-0.2, 0) is 4.74 Å². The Bertz CT molecular complexity index is 1080. The predicted molar refractivity (Wildman–Crippen MR) is 92.6 cm³/mol. The minimum atomic E-state index is -1.04. The number of aromatic nitrogens is 1. The van der Waals surface area contributed by atoms with Crippen molar-refractivity contribution in [2.75, 3.05) is 25.6 Å².